The van der Waals surface area contributed by atoms with E-state index in [4.69, 9.17) is 37.4 Å². The maximum absolute atomic E-state index is 12.5. The van der Waals surface area contributed by atoms with E-state index < -0.39 is 0 Å². The van der Waals surface area contributed by atoms with Gasteiger partial charge in [-0.25, -0.2) is 4.98 Å². The average molecular weight is 570 g/mol. The zero-order chi connectivity index (χ0) is 26.9. The Morgan fingerprint density at radius 3 is 2.50 bits per heavy atom. The number of thiazole rings is 1. The number of hydrogen-bond donors (Lipinski definition) is 1. The van der Waals surface area contributed by atoms with Gasteiger partial charge in [0.2, 0.25) is 5.91 Å². The van der Waals surface area contributed by atoms with Crippen LogP contribution in [0, 0.1) is 0 Å². The van der Waals surface area contributed by atoms with Gasteiger partial charge in [0.05, 0.1) is 19.4 Å². The van der Waals surface area contributed by atoms with Crippen LogP contribution in [-0.4, -0.2) is 24.6 Å². The summed E-state index contributed by atoms with van der Waals surface area (Å²) in [5.41, 5.74) is 3.20. The molecule has 3 aromatic carbocycles. The number of halogens is 2. The van der Waals surface area contributed by atoms with E-state index in [0.29, 0.717) is 38.8 Å². The lowest BCUT2D eigenvalue weighted by atomic mass is 10.2. The fraction of sp³-hybridized carbons (Fsp3) is 0.172. The maximum Gasteiger partial charge on any atom is 0.250 e. The van der Waals surface area contributed by atoms with Gasteiger partial charge in [0.1, 0.15) is 12.4 Å². The molecule has 0 bridgehead atoms. The first kappa shape index (κ1) is 27.5. The molecule has 1 aromatic heterocycles. The van der Waals surface area contributed by atoms with Crippen LogP contribution >= 0.6 is 34.5 Å². The monoisotopic (exact) mass is 568 g/mol. The lowest BCUT2D eigenvalue weighted by Gasteiger charge is -2.13. The van der Waals surface area contributed by atoms with E-state index in [0.717, 1.165) is 29.0 Å². The summed E-state index contributed by atoms with van der Waals surface area (Å²) in [4.78, 5) is 17.0. The molecule has 0 spiro atoms. The lowest BCUT2D eigenvalue weighted by molar-refractivity contribution is -0.111. The molecule has 0 aliphatic heterocycles. The lowest BCUT2D eigenvalue weighted by Crippen LogP contribution is -2.07. The van der Waals surface area contributed by atoms with Crippen LogP contribution in [0.5, 0.6) is 17.2 Å². The molecule has 4 rings (SSSR count). The highest BCUT2D eigenvalue weighted by molar-refractivity contribution is 7.14. The van der Waals surface area contributed by atoms with Gasteiger partial charge >= 0.3 is 0 Å². The van der Waals surface area contributed by atoms with Gasteiger partial charge in [0.15, 0.2) is 16.6 Å². The van der Waals surface area contributed by atoms with Gasteiger partial charge in [0, 0.05) is 32.6 Å². The SMILES string of the molecule is CCCOc1ccc(-c2csc(NC(=O)C=Cc3ccc(OCc4c(Cl)cccc4Cl)c(OC)c3)n2)cc1. The van der Waals surface area contributed by atoms with Crippen molar-refractivity contribution in [3.05, 3.63) is 93.3 Å². The molecule has 0 saturated carbocycles. The molecule has 9 heteroatoms. The van der Waals surface area contributed by atoms with Crippen molar-refractivity contribution in [3.63, 3.8) is 0 Å². The Morgan fingerprint density at radius 2 is 1.79 bits per heavy atom. The third-order valence-electron chi connectivity index (χ3n) is 5.41. The molecule has 1 amide bonds. The number of carbonyl (C=O) groups is 1. The van der Waals surface area contributed by atoms with E-state index in [-0.39, 0.29) is 12.5 Å². The molecule has 0 fully saturated rings. The number of methoxy groups -OCH3 is 1. The number of carbonyl (C=O) groups excluding carboxylic acids is 1. The molecule has 0 saturated heterocycles. The van der Waals surface area contributed by atoms with E-state index in [1.807, 2.05) is 35.7 Å². The largest absolute Gasteiger partial charge is 0.494 e. The van der Waals surface area contributed by atoms with E-state index in [9.17, 15) is 4.79 Å². The van der Waals surface area contributed by atoms with E-state index in [1.54, 1.807) is 43.5 Å². The van der Waals surface area contributed by atoms with Gasteiger partial charge in [-0.15, -0.1) is 11.3 Å². The Morgan fingerprint density at radius 1 is 1.03 bits per heavy atom. The van der Waals surface area contributed by atoms with Crippen molar-refractivity contribution in [1.29, 1.82) is 0 Å². The molecule has 0 radical (unpaired) electrons. The number of ether oxygens (including phenoxy) is 3. The number of anilines is 1. The predicted molar refractivity (Wildman–Crippen MR) is 155 cm³/mol. The van der Waals surface area contributed by atoms with Crippen molar-refractivity contribution in [2.24, 2.45) is 0 Å². The maximum atomic E-state index is 12.5. The number of rotatable bonds is 11. The topological polar surface area (TPSA) is 69.7 Å². The minimum Gasteiger partial charge on any atom is -0.494 e. The zero-order valence-corrected chi connectivity index (χ0v) is 23.2. The third kappa shape index (κ3) is 7.28. The van der Waals surface area contributed by atoms with Gasteiger partial charge in [-0.3, -0.25) is 10.1 Å². The Balaban J connectivity index is 1.35. The standard InChI is InChI=1S/C29H26Cl2N2O4S/c1-3-15-36-21-11-9-20(10-12-21)25-18-38-29(32-25)33-28(34)14-8-19-7-13-26(27(16-19)35-2)37-17-22-23(30)5-4-6-24(22)31/h4-14,16,18H,3,15,17H2,1-2H3,(H,32,33,34). The highest BCUT2D eigenvalue weighted by atomic mass is 35.5. The summed E-state index contributed by atoms with van der Waals surface area (Å²) in [5.74, 6) is 1.59. The Hall–Kier alpha value is -3.52. The first-order valence-corrected chi connectivity index (χ1v) is 13.5. The zero-order valence-electron chi connectivity index (χ0n) is 20.9. The van der Waals surface area contributed by atoms with Crippen molar-refractivity contribution in [2.75, 3.05) is 19.0 Å². The number of hydrogen-bond acceptors (Lipinski definition) is 6. The van der Waals surface area contributed by atoms with Gasteiger partial charge in [-0.1, -0.05) is 42.3 Å². The Labute approximate surface area is 235 Å². The third-order valence-corrected chi connectivity index (χ3v) is 6.87. The number of nitrogens with one attached hydrogen (secondary N) is 1. The van der Waals surface area contributed by atoms with E-state index in [2.05, 4.69) is 17.2 Å². The van der Waals surface area contributed by atoms with Crippen molar-refractivity contribution in [3.8, 4) is 28.5 Å². The second-order valence-corrected chi connectivity index (χ2v) is 9.81. The first-order chi connectivity index (χ1) is 18.5. The van der Waals surface area contributed by atoms with Crippen LogP contribution in [0.15, 0.2) is 72.1 Å². The summed E-state index contributed by atoms with van der Waals surface area (Å²) in [6.07, 6.45) is 4.09. The van der Waals surface area contributed by atoms with Crippen LogP contribution in [-0.2, 0) is 11.4 Å². The van der Waals surface area contributed by atoms with Crippen molar-refractivity contribution >= 4 is 51.7 Å². The van der Waals surface area contributed by atoms with Crippen molar-refractivity contribution in [2.45, 2.75) is 20.0 Å². The number of aromatic nitrogens is 1. The molecule has 0 aliphatic rings. The summed E-state index contributed by atoms with van der Waals surface area (Å²) in [6, 6.07) is 18.4. The molecule has 0 unspecified atom stereocenters. The van der Waals surface area contributed by atoms with E-state index >= 15 is 0 Å². The normalized spacial score (nSPS) is 10.9. The van der Waals surface area contributed by atoms with Gasteiger partial charge in [-0.2, -0.15) is 0 Å². The fourth-order valence-corrected chi connectivity index (χ4v) is 4.68. The van der Waals surface area contributed by atoms with Crippen molar-refractivity contribution < 1.29 is 19.0 Å². The smallest absolute Gasteiger partial charge is 0.250 e. The summed E-state index contributed by atoms with van der Waals surface area (Å²) >= 11 is 13.8. The molecule has 196 valence electrons. The van der Waals surface area contributed by atoms with Crippen LogP contribution in [0.3, 0.4) is 0 Å². The summed E-state index contributed by atoms with van der Waals surface area (Å²) in [5, 5.41) is 6.29. The van der Waals surface area contributed by atoms with E-state index in [1.165, 1.54) is 17.4 Å². The molecule has 0 atom stereocenters. The average Bonchev–Trinajstić information content (AvgIpc) is 3.39. The highest BCUT2D eigenvalue weighted by Gasteiger charge is 2.11. The van der Waals surface area contributed by atoms with Crippen molar-refractivity contribution in [1.82, 2.24) is 4.98 Å². The van der Waals surface area contributed by atoms with Gasteiger partial charge in [0.25, 0.3) is 0 Å². The minimum atomic E-state index is -0.290. The Bertz CT molecular complexity index is 1400. The molecule has 1 heterocycles. The van der Waals surface area contributed by atoms with Gasteiger partial charge in [-0.05, 0) is 66.6 Å². The summed E-state index contributed by atoms with van der Waals surface area (Å²) < 4.78 is 17.0. The molecular formula is C29H26Cl2N2O4S. The molecule has 0 aliphatic carbocycles. The van der Waals surface area contributed by atoms with Crippen LogP contribution in [0.1, 0.15) is 24.5 Å². The van der Waals surface area contributed by atoms with Gasteiger partial charge < -0.3 is 14.2 Å². The molecule has 38 heavy (non-hydrogen) atoms. The summed E-state index contributed by atoms with van der Waals surface area (Å²) in [7, 11) is 1.55. The molecule has 6 nitrogen and oxygen atoms in total. The van der Waals surface area contributed by atoms with Crippen LogP contribution in [0.25, 0.3) is 17.3 Å². The minimum absolute atomic E-state index is 0.193. The molecule has 4 aromatic rings. The first-order valence-electron chi connectivity index (χ1n) is 11.9. The number of amides is 1. The second kappa shape index (κ2) is 13.3. The number of benzene rings is 3. The summed E-state index contributed by atoms with van der Waals surface area (Å²) in [6.45, 7) is 2.95. The predicted octanol–water partition coefficient (Wildman–Crippen LogP) is 8.15. The molecular weight excluding hydrogens is 543 g/mol. The fourth-order valence-electron chi connectivity index (χ4n) is 3.45. The molecule has 1 N–H and O–H groups in total. The van der Waals surface area contributed by atoms with Crippen LogP contribution in [0.4, 0.5) is 5.13 Å². The number of nitrogens with zero attached hydrogens (tertiary/aromatic N) is 1. The van der Waals surface area contributed by atoms with Crippen LogP contribution in [0.2, 0.25) is 10.0 Å². The quantitative estimate of drug-likeness (QED) is 0.185. The second-order valence-electron chi connectivity index (χ2n) is 8.13. The van der Waals surface area contributed by atoms with Crippen LogP contribution < -0.4 is 19.5 Å². The Kier molecular flexibility index (Phi) is 9.65. The highest BCUT2D eigenvalue weighted by Crippen LogP contribution is 2.32.